The third kappa shape index (κ3) is 34.5. The van der Waals surface area contributed by atoms with Gasteiger partial charge in [-0.3, -0.25) is 4.79 Å². The molecule has 0 rings (SSSR count). The van der Waals surface area contributed by atoms with Crippen LogP contribution in [0.1, 0.15) is 194 Å². The van der Waals surface area contributed by atoms with Gasteiger partial charge < -0.3 is 4.74 Å². The first kappa shape index (κ1) is 37.6. The van der Waals surface area contributed by atoms with E-state index in [1.807, 2.05) is 0 Å². The summed E-state index contributed by atoms with van der Waals surface area (Å²) < 4.78 is 5.42. The van der Waals surface area contributed by atoms with E-state index in [0.29, 0.717) is 13.0 Å². The summed E-state index contributed by atoms with van der Waals surface area (Å²) in [7, 11) is 0. The zero-order valence-electron chi connectivity index (χ0n) is 23.8. The van der Waals surface area contributed by atoms with Crippen molar-refractivity contribution in [2.24, 2.45) is 0 Å². The molecule has 0 unspecified atom stereocenters. The van der Waals surface area contributed by atoms with Gasteiger partial charge in [0.05, 0.1) is 6.61 Å². The van der Waals surface area contributed by atoms with E-state index in [4.69, 9.17) is 4.74 Å². The molecule has 2 nitrogen and oxygen atoms in total. The summed E-state index contributed by atoms with van der Waals surface area (Å²) in [5, 5.41) is 0. The van der Waals surface area contributed by atoms with Gasteiger partial charge in [-0.25, -0.2) is 0 Å². The topological polar surface area (TPSA) is 26.3 Å². The fourth-order valence-corrected chi connectivity index (χ4v) is 4.84. The molecule has 0 bridgehead atoms. The number of carbonyl (C=O) groups is 1. The maximum atomic E-state index is 11.9. The number of unbranched alkanes of at least 4 members (excludes halogenated alkanes) is 25. The van der Waals surface area contributed by atoms with Crippen molar-refractivity contribution in [3.8, 4) is 0 Å². The van der Waals surface area contributed by atoms with Crippen LogP contribution in [0.3, 0.4) is 0 Å². The van der Waals surface area contributed by atoms with Crippen molar-refractivity contribution in [1.82, 2.24) is 0 Å². The van der Waals surface area contributed by atoms with Crippen LogP contribution in [0, 0.1) is 0 Å². The van der Waals surface area contributed by atoms with Crippen molar-refractivity contribution in [1.29, 1.82) is 0 Å². The first-order valence-corrected chi connectivity index (χ1v) is 16.0. The second-order valence-electron chi connectivity index (χ2n) is 10.8. The summed E-state index contributed by atoms with van der Waals surface area (Å²) in [6, 6.07) is 0. The Kier molecular flexibility index (Phi) is 37.1. The van der Waals surface area contributed by atoms with E-state index < -0.39 is 0 Å². The molecule has 0 aromatic carbocycles. The second-order valence-corrected chi connectivity index (χ2v) is 10.8. The monoisotopic (exact) mass is 504 g/mol. The Morgan fingerprint density at radius 3 is 0.971 bits per heavy atom. The van der Waals surface area contributed by atoms with E-state index in [9.17, 15) is 4.79 Å². The average Bonchev–Trinajstić information content (AvgIpc) is 2.84. The van der Waals surface area contributed by atoms with Crippen molar-refractivity contribution in [2.45, 2.75) is 194 Å². The van der Waals surface area contributed by atoms with E-state index in [0.717, 1.165) is 12.8 Å². The molecule has 0 N–H and O–H groups in total. The number of esters is 1. The fraction of sp³-hybridized carbons (Fsp3) is 0.969. The Morgan fingerprint density at radius 2 is 0.657 bits per heavy atom. The molecule has 3 heteroatoms. The Bertz CT molecular complexity index is 386. The summed E-state index contributed by atoms with van der Waals surface area (Å²) in [6.07, 6.45) is 37.2. The van der Waals surface area contributed by atoms with Gasteiger partial charge in [0.15, 0.2) is 0 Å². The van der Waals surface area contributed by atoms with E-state index >= 15 is 0 Å². The van der Waals surface area contributed by atoms with Crippen LogP contribution >= 0.6 is 0 Å². The SMILES string of the molecule is CCCCCCCCCCCCCCCCOC(=O)CCCCCCCCCCCCCCC.[NaH]. The number of hydrogen-bond donors (Lipinski definition) is 0. The van der Waals surface area contributed by atoms with Crippen LogP contribution in [-0.2, 0) is 9.53 Å². The maximum absolute atomic E-state index is 11.9. The Morgan fingerprint density at radius 1 is 0.400 bits per heavy atom. The van der Waals surface area contributed by atoms with Crippen LogP contribution in [0.2, 0.25) is 0 Å². The molecule has 0 atom stereocenters. The molecule has 0 aromatic rings. The van der Waals surface area contributed by atoms with Crippen molar-refractivity contribution in [3.63, 3.8) is 0 Å². The molecule has 0 aliphatic heterocycles. The summed E-state index contributed by atoms with van der Waals surface area (Å²) in [4.78, 5) is 11.9. The minimum atomic E-state index is 0. The Hall–Kier alpha value is 0.470. The quantitative estimate of drug-likeness (QED) is 0.0575. The zero-order chi connectivity index (χ0) is 24.8. The zero-order valence-corrected chi connectivity index (χ0v) is 23.8. The second kappa shape index (κ2) is 34.5. The van der Waals surface area contributed by atoms with Crippen molar-refractivity contribution < 1.29 is 9.53 Å². The minimum absolute atomic E-state index is 0. The van der Waals surface area contributed by atoms with Crippen molar-refractivity contribution in [3.05, 3.63) is 0 Å². The number of hydrogen-bond acceptors (Lipinski definition) is 2. The first-order valence-electron chi connectivity index (χ1n) is 16.0. The fourth-order valence-electron chi connectivity index (χ4n) is 4.84. The predicted octanol–water partition coefficient (Wildman–Crippen LogP) is 10.8. The van der Waals surface area contributed by atoms with Crippen LogP contribution in [-0.4, -0.2) is 42.1 Å². The summed E-state index contributed by atoms with van der Waals surface area (Å²) in [6.45, 7) is 5.20. The van der Waals surface area contributed by atoms with Crippen LogP contribution < -0.4 is 0 Å². The number of carbonyl (C=O) groups excluding carboxylic acids is 1. The first-order chi connectivity index (χ1) is 16.8. The molecular weight excluding hydrogens is 439 g/mol. The predicted molar refractivity (Wildman–Crippen MR) is 159 cm³/mol. The van der Waals surface area contributed by atoms with Gasteiger partial charge in [0.25, 0.3) is 0 Å². The molecule has 0 radical (unpaired) electrons. The molecule has 0 heterocycles. The van der Waals surface area contributed by atoms with E-state index in [2.05, 4.69) is 13.8 Å². The molecule has 0 amide bonds. The van der Waals surface area contributed by atoms with Crippen molar-refractivity contribution in [2.75, 3.05) is 6.61 Å². The Labute approximate surface area is 244 Å². The van der Waals surface area contributed by atoms with Gasteiger partial charge in [-0.15, -0.1) is 0 Å². The van der Waals surface area contributed by atoms with Crippen LogP contribution in [0.5, 0.6) is 0 Å². The van der Waals surface area contributed by atoms with Crippen LogP contribution in [0.4, 0.5) is 0 Å². The van der Waals surface area contributed by atoms with Gasteiger partial charge >= 0.3 is 35.5 Å². The summed E-state index contributed by atoms with van der Waals surface area (Å²) in [5.74, 6) is 0.0257. The molecule has 0 aromatic heterocycles. The molecule has 0 spiro atoms. The molecular formula is C32H65NaO2. The summed E-state index contributed by atoms with van der Waals surface area (Å²) >= 11 is 0. The van der Waals surface area contributed by atoms with Crippen LogP contribution in [0.15, 0.2) is 0 Å². The van der Waals surface area contributed by atoms with Gasteiger partial charge in [-0.05, 0) is 12.8 Å². The third-order valence-corrected chi connectivity index (χ3v) is 7.25. The number of ether oxygens (including phenoxy) is 1. The van der Waals surface area contributed by atoms with Gasteiger partial charge in [0.1, 0.15) is 0 Å². The molecule has 0 saturated heterocycles. The number of rotatable bonds is 29. The average molecular weight is 505 g/mol. The van der Waals surface area contributed by atoms with Gasteiger partial charge in [0, 0.05) is 6.42 Å². The van der Waals surface area contributed by atoms with E-state index in [1.54, 1.807) is 0 Å². The molecule has 0 aliphatic carbocycles. The van der Waals surface area contributed by atoms with Gasteiger partial charge in [0.2, 0.25) is 0 Å². The Balaban J connectivity index is 0. The van der Waals surface area contributed by atoms with Crippen molar-refractivity contribution >= 4 is 35.5 Å². The van der Waals surface area contributed by atoms with E-state index in [1.165, 1.54) is 161 Å². The molecule has 0 saturated carbocycles. The molecule has 0 fully saturated rings. The standard InChI is InChI=1S/C32H64O2.Na.H/c1-3-5-7-9-11-13-15-17-19-21-23-25-27-29-31-34-32(33)30-28-26-24-22-20-18-16-14-12-10-8-6-4-2;;/h3-31H2,1-2H3;;. The third-order valence-electron chi connectivity index (χ3n) is 7.25. The molecule has 206 valence electrons. The van der Waals surface area contributed by atoms with Crippen LogP contribution in [0.25, 0.3) is 0 Å². The molecule has 35 heavy (non-hydrogen) atoms. The summed E-state index contributed by atoms with van der Waals surface area (Å²) in [5.41, 5.74) is 0. The normalized spacial score (nSPS) is 10.9. The van der Waals surface area contributed by atoms with Gasteiger partial charge in [-0.1, -0.05) is 174 Å². The molecule has 0 aliphatic rings. The van der Waals surface area contributed by atoms with E-state index in [-0.39, 0.29) is 35.5 Å². The van der Waals surface area contributed by atoms with Gasteiger partial charge in [-0.2, -0.15) is 0 Å².